The Morgan fingerprint density at radius 1 is 1.28 bits per heavy atom. The van der Waals surface area contributed by atoms with Gasteiger partial charge < -0.3 is 20.1 Å². The van der Waals surface area contributed by atoms with Gasteiger partial charge >= 0.3 is 0 Å². The first-order valence-electron chi connectivity index (χ1n) is 8.17. The number of hydrogen-bond acceptors (Lipinski definition) is 5. The number of nitrogen functional groups attached to an aromatic ring is 1. The van der Waals surface area contributed by atoms with Crippen molar-refractivity contribution in [3.05, 3.63) is 30.1 Å². The Kier molecular flexibility index (Phi) is 5.56. The van der Waals surface area contributed by atoms with E-state index in [0.717, 1.165) is 22.2 Å². The molecule has 0 aliphatic heterocycles. The van der Waals surface area contributed by atoms with Gasteiger partial charge in [0, 0.05) is 12.0 Å². The van der Waals surface area contributed by atoms with Crippen molar-refractivity contribution in [3.8, 4) is 0 Å². The van der Waals surface area contributed by atoms with Crippen LogP contribution in [-0.4, -0.2) is 38.5 Å². The highest BCUT2D eigenvalue weighted by Gasteiger charge is 2.32. The number of nitrogens with zero attached hydrogens (tertiary/aromatic N) is 3. The molecular formula is C18H25ClN4O2. The highest BCUT2D eigenvalue weighted by molar-refractivity contribution is 6.06. The molecule has 0 aliphatic carbocycles. The molecule has 3 aromatic rings. The van der Waals surface area contributed by atoms with Crippen LogP contribution in [0.15, 0.2) is 24.3 Å². The van der Waals surface area contributed by atoms with Gasteiger partial charge in [-0.25, -0.2) is 9.97 Å². The lowest BCUT2D eigenvalue weighted by Crippen LogP contribution is -2.37. The monoisotopic (exact) mass is 364 g/mol. The fourth-order valence-corrected chi connectivity index (χ4v) is 3.14. The molecule has 0 spiro atoms. The van der Waals surface area contributed by atoms with Crippen molar-refractivity contribution in [3.63, 3.8) is 0 Å². The largest absolute Gasteiger partial charge is 0.388 e. The molecule has 1 aromatic carbocycles. The summed E-state index contributed by atoms with van der Waals surface area (Å²) < 4.78 is 7.67. The van der Waals surface area contributed by atoms with Gasteiger partial charge in [-0.1, -0.05) is 18.2 Å². The standard InChI is InChI=1S/C18H24N4O2.ClH/c1-5-24-10-14(18(3,4)23)22-11(2)20-15-16(22)12-8-6-7-9-13(12)21-17(15)19;/h6-9,14,23H,5,10H2,1-4H3,(H2,19,21);1H. The molecule has 1 atom stereocenters. The van der Waals surface area contributed by atoms with Gasteiger partial charge in [-0.2, -0.15) is 0 Å². The van der Waals surface area contributed by atoms with E-state index >= 15 is 0 Å². The maximum Gasteiger partial charge on any atom is 0.152 e. The number of hydrogen-bond donors (Lipinski definition) is 2. The average molecular weight is 365 g/mol. The minimum Gasteiger partial charge on any atom is -0.388 e. The first-order chi connectivity index (χ1) is 11.3. The number of nitrogens with two attached hydrogens (primary N) is 1. The molecule has 1 unspecified atom stereocenters. The van der Waals surface area contributed by atoms with Crippen LogP contribution in [0.1, 0.15) is 32.6 Å². The van der Waals surface area contributed by atoms with Crippen LogP contribution in [0.2, 0.25) is 0 Å². The molecule has 2 aromatic heterocycles. The number of para-hydroxylation sites is 1. The van der Waals surface area contributed by atoms with E-state index in [2.05, 4.69) is 9.97 Å². The van der Waals surface area contributed by atoms with Crippen LogP contribution in [0.25, 0.3) is 21.9 Å². The first kappa shape index (κ1) is 19.4. The summed E-state index contributed by atoms with van der Waals surface area (Å²) >= 11 is 0. The Labute approximate surface area is 153 Å². The quantitative estimate of drug-likeness (QED) is 0.725. The van der Waals surface area contributed by atoms with Crippen LogP contribution in [0, 0.1) is 6.92 Å². The Hall–Kier alpha value is -1.89. The van der Waals surface area contributed by atoms with Crippen LogP contribution in [-0.2, 0) is 4.74 Å². The van der Waals surface area contributed by atoms with Crippen molar-refractivity contribution in [2.75, 3.05) is 18.9 Å². The smallest absolute Gasteiger partial charge is 0.152 e. The average Bonchev–Trinajstić information content (AvgIpc) is 2.85. The number of fused-ring (bicyclic) bond motifs is 3. The molecular weight excluding hydrogens is 340 g/mol. The lowest BCUT2D eigenvalue weighted by Gasteiger charge is -2.32. The highest BCUT2D eigenvalue weighted by atomic mass is 35.5. The maximum atomic E-state index is 10.7. The van der Waals surface area contributed by atoms with Crippen molar-refractivity contribution < 1.29 is 9.84 Å². The summed E-state index contributed by atoms with van der Waals surface area (Å²) in [7, 11) is 0. The summed E-state index contributed by atoms with van der Waals surface area (Å²) in [6.07, 6.45) is 0. The lowest BCUT2D eigenvalue weighted by molar-refractivity contribution is -0.0188. The number of pyridine rings is 1. The van der Waals surface area contributed by atoms with Gasteiger partial charge in [0.25, 0.3) is 0 Å². The number of aromatic nitrogens is 3. The van der Waals surface area contributed by atoms with Gasteiger partial charge in [-0.15, -0.1) is 12.4 Å². The molecule has 6 nitrogen and oxygen atoms in total. The molecule has 0 bridgehead atoms. The molecule has 0 saturated carbocycles. The number of aryl methyl sites for hydroxylation is 1. The van der Waals surface area contributed by atoms with Gasteiger partial charge in [0.05, 0.1) is 29.3 Å². The van der Waals surface area contributed by atoms with Gasteiger partial charge in [0.15, 0.2) is 5.82 Å². The molecule has 25 heavy (non-hydrogen) atoms. The summed E-state index contributed by atoms with van der Waals surface area (Å²) in [5.74, 6) is 1.18. The van der Waals surface area contributed by atoms with Crippen molar-refractivity contribution in [1.82, 2.24) is 14.5 Å². The van der Waals surface area contributed by atoms with Gasteiger partial charge in [-0.05, 0) is 33.8 Å². The van der Waals surface area contributed by atoms with Crippen LogP contribution < -0.4 is 5.73 Å². The normalized spacial score (nSPS) is 13.2. The number of halogens is 1. The second-order valence-corrected chi connectivity index (χ2v) is 6.57. The molecule has 2 heterocycles. The van der Waals surface area contributed by atoms with Crippen molar-refractivity contribution in [1.29, 1.82) is 0 Å². The summed E-state index contributed by atoms with van der Waals surface area (Å²) in [6.45, 7) is 8.41. The number of benzene rings is 1. The Bertz CT molecular complexity index is 886. The van der Waals surface area contributed by atoms with Gasteiger partial charge in [0.1, 0.15) is 11.3 Å². The lowest BCUT2D eigenvalue weighted by atomic mass is 9.98. The van der Waals surface area contributed by atoms with E-state index in [-0.39, 0.29) is 18.4 Å². The van der Waals surface area contributed by atoms with Gasteiger partial charge in [0.2, 0.25) is 0 Å². The first-order valence-corrected chi connectivity index (χ1v) is 8.17. The minimum absolute atomic E-state index is 0. The summed E-state index contributed by atoms with van der Waals surface area (Å²) in [5.41, 5.74) is 7.52. The third-order valence-corrected chi connectivity index (χ3v) is 4.34. The fraction of sp³-hybridized carbons (Fsp3) is 0.444. The third kappa shape index (κ3) is 3.42. The van der Waals surface area contributed by atoms with Crippen LogP contribution in [0.5, 0.6) is 0 Å². The zero-order valence-electron chi connectivity index (χ0n) is 15.0. The van der Waals surface area contributed by atoms with Crippen molar-refractivity contribution in [2.45, 2.75) is 39.3 Å². The molecule has 0 fully saturated rings. The maximum absolute atomic E-state index is 10.7. The fourth-order valence-electron chi connectivity index (χ4n) is 3.14. The predicted molar refractivity (Wildman–Crippen MR) is 103 cm³/mol. The van der Waals surface area contributed by atoms with Crippen LogP contribution in [0.4, 0.5) is 5.82 Å². The van der Waals surface area contributed by atoms with Crippen molar-refractivity contribution >= 4 is 40.2 Å². The second kappa shape index (κ2) is 7.15. The van der Waals surface area contributed by atoms with Crippen LogP contribution >= 0.6 is 12.4 Å². The van der Waals surface area contributed by atoms with E-state index in [1.54, 1.807) is 13.8 Å². The topological polar surface area (TPSA) is 86.2 Å². The summed E-state index contributed by atoms with van der Waals surface area (Å²) in [5, 5.41) is 11.7. The van der Waals surface area contributed by atoms with E-state index in [1.165, 1.54) is 0 Å². The molecule has 3 N–H and O–H groups in total. The van der Waals surface area contributed by atoms with E-state index < -0.39 is 5.60 Å². The Morgan fingerprint density at radius 2 is 1.96 bits per heavy atom. The Morgan fingerprint density at radius 3 is 2.60 bits per heavy atom. The zero-order valence-corrected chi connectivity index (χ0v) is 15.8. The highest BCUT2D eigenvalue weighted by Crippen LogP contribution is 2.34. The van der Waals surface area contributed by atoms with Gasteiger partial charge in [-0.3, -0.25) is 0 Å². The molecule has 3 rings (SSSR count). The minimum atomic E-state index is -0.979. The molecule has 136 valence electrons. The number of aliphatic hydroxyl groups is 1. The number of anilines is 1. The van der Waals surface area contributed by atoms with Crippen molar-refractivity contribution in [2.24, 2.45) is 0 Å². The summed E-state index contributed by atoms with van der Waals surface area (Å²) in [6, 6.07) is 7.55. The van der Waals surface area contributed by atoms with E-state index in [9.17, 15) is 5.11 Å². The molecule has 0 saturated heterocycles. The number of imidazole rings is 1. The molecule has 0 radical (unpaired) electrons. The summed E-state index contributed by atoms with van der Waals surface area (Å²) in [4.78, 5) is 9.06. The number of ether oxygens (including phenoxy) is 1. The second-order valence-electron chi connectivity index (χ2n) is 6.57. The zero-order chi connectivity index (χ0) is 17.5. The third-order valence-electron chi connectivity index (χ3n) is 4.34. The van der Waals surface area contributed by atoms with Crippen LogP contribution in [0.3, 0.4) is 0 Å². The van der Waals surface area contributed by atoms with E-state index in [1.807, 2.05) is 42.7 Å². The molecule has 0 aliphatic rings. The number of rotatable bonds is 5. The van der Waals surface area contributed by atoms with E-state index in [0.29, 0.717) is 24.5 Å². The SMILES string of the molecule is CCOCC(n1c(C)nc2c(N)nc3ccccc3c21)C(C)(C)O.Cl. The Balaban J connectivity index is 0.00000225. The predicted octanol–water partition coefficient (Wildman–Crippen LogP) is 3.25. The molecule has 0 amide bonds. The molecule has 7 heteroatoms. The van der Waals surface area contributed by atoms with E-state index in [4.69, 9.17) is 10.5 Å².